The van der Waals surface area contributed by atoms with Crippen molar-refractivity contribution >= 4 is 11.8 Å². The molecular weight excluding hydrogens is 238 g/mol. The van der Waals surface area contributed by atoms with Gasteiger partial charge in [-0.25, -0.2) is 0 Å². The van der Waals surface area contributed by atoms with Crippen molar-refractivity contribution in [1.82, 2.24) is 15.2 Å². The molecule has 1 N–H and O–H groups in total. The Kier molecular flexibility index (Phi) is 4.66. The highest BCUT2D eigenvalue weighted by molar-refractivity contribution is 5.39. The van der Waals surface area contributed by atoms with Gasteiger partial charge in [0, 0.05) is 19.6 Å². The summed E-state index contributed by atoms with van der Waals surface area (Å²) in [6.45, 7) is 6.64. The summed E-state index contributed by atoms with van der Waals surface area (Å²) in [6.07, 6.45) is 1.65. The number of hydrogen-bond donors (Lipinski definition) is 1. The lowest BCUT2D eigenvalue weighted by Gasteiger charge is -2.18. The third-order valence-corrected chi connectivity index (χ3v) is 2.91. The number of nitrogens with one attached hydrogen (secondary N) is 1. The first-order valence-corrected chi connectivity index (χ1v) is 6.56. The molecule has 0 unspecified atom stereocenters. The zero-order chi connectivity index (χ0) is 13.5. The smallest absolute Gasteiger partial charge is 0.247 e. The minimum atomic E-state index is 0.670. The van der Waals surface area contributed by atoms with E-state index >= 15 is 0 Å². The zero-order valence-electron chi connectivity index (χ0n) is 11.4. The van der Waals surface area contributed by atoms with Gasteiger partial charge < -0.3 is 10.2 Å². The largest absolute Gasteiger partial charge is 0.365 e. The Bertz CT molecular complexity index is 496. The zero-order valence-corrected chi connectivity index (χ0v) is 11.4. The Labute approximate surface area is 113 Å². The molecule has 2 aromatic rings. The Morgan fingerprint density at radius 3 is 2.53 bits per heavy atom. The summed E-state index contributed by atoms with van der Waals surface area (Å²) in [5.74, 6) is 1.42. The van der Waals surface area contributed by atoms with E-state index in [4.69, 9.17) is 0 Å². The molecule has 1 aromatic carbocycles. The van der Waals surface area contributed by atoms with Crippen LogP contribution in [0.2, 0.25) is 0 Å². The van der Waals surface area contributed by atoms with Crippen molar-refractivity contribution < 1.29 is 0 Å². The van der Waals surface area contributed by atoms with E-state index in [2.05, 4.69) is 51.4 Å². The molecule has 0 saturated carbocycles. The summed E-state index contributed by atoms with van der Waals surface area (Å²) in [4.78, 5) is 6.54. The maximum atomic E-state index is 4.47. The maximum absolute atomic E-state index is 4.47. The van der Waals surface area contributed by atoms with Crippen LogP contribution >= 0.6 is 0 Å². The Morgan fingerprint density at radius 1 is 1.11 bits per heavy atom. The Balaban J connectivity index is 2.03. The molecule has 0 aliphatic rings. The van der Waals surface area contributed by atoms with Crippen molar-refractivity contribution in [2.75, 3.05) is 23.3 Å². The van der Waals surface area contributed by atoms with Crippen molar-refractivity contribution in [3.8, 4) is 0 Å². The van der Waals surface area contributed by atoms with Gasteiger partial charge in [-0.05, 0) is 19.4 Å². The molecule has 0 atom stereocenters. The van der Waals surface area contributed by atoms with Crippen LogP contribution in [0.4, 0.5) is 11.8 Å². The van der Waals surface area contributed by atoms with Crippen molar-refractivity contribution in [2.24, 2.45) is 0 Å². The van der Waals surface area contributed by atoms with E-state index in [9.17, 15) is 0 Å². The molecule has 1 heterocycles. The molecule has 2 rings (SSSR count). The fraction of sp³-hybridized carbons (Fsp3) is 0.357. The lowest BCUT2D eigenvalue weighted by molar-refractivity contribution is 0.794. The summed E-state index contributed by atoms with van der Waals surface area (Å²) >= 11 is 0. The minimum Gasteiger partial charge on any atom is -0.365 e. The summed E-state index contributed by atoms with van der Waals surface area (Å²) < 4.78 is 0. The molecule has 1 aromatic heterocycles. The van der Waals surface area contributed by atoms with Crippen molar-refractivity contribution in [3.05, 3.63) is 42.1 Å². The normalized spacial score (nSPS) is 10.2. The molecule has 0 bridgehead atoms. The summed E-state index contributed by atoms with van der Waals surface area (Å²) in [6, 6.07) is 10.2. The van der Waals surface area contributed by atoms with E-state index in [1.165, 1.54) is 5.56 Å². The quantitative estimate of drug-likeness (QED) is 0.860. The van der Waals surface area contributed by atoms with Crippen LogP contribution in [-0.4, -0.2) is 28.3 Å². The van der Waals surface area contributed by atoms with Gasteiger partial charge >= 0.3 is 0 Å². The molecule has 0 spiro atoms. The van der Waals surface area contributed by atoms with E-state index in [1.807, 2.05) is 18.2 Å². The van der Waals surface area contributed by atoms with Crippen molar-refractivity contribution in [2.45, 2.75) is 20.4 Å². The van der Waals surface area contributed by atoms with Crippen LogP contribution in [0, 0.1) is 0 Å². The summed E-state index contributed by atoms with van der Waals surface area (Å²) in [5.41, 5.74) is 1.21. The number of benzene rings is 1. The monoisotopic (exact) mass is 257 g/mol. The number of rotatable bonds is 6. The molecule has 5 nitrogen and oxygen atoms in total. The second-order valence-corrected chi connectivity index (χ2v) is 4.15. The maximum Gasteiger partial charge on any atom is 0.247 e. The van der Waals surface area contributed by atoms with Gasteiger partial charge in [-0.15, -0.1) is 5.10 Å². The fourth-order valence-electron chi connectivity index (χ4n) is 1.81. The van der Waals surface area contributed by atoms with Gasteiger partial charge in [-0.1, -0.05) is 30.3 Å². The first-order chi connectivity index (χ1) is 9.33. The highest BCUT2D eigenvalue weighted by atomic mass is 15.3. The van der Waals surface area contributed by atoms with Crippen LogP contribution in [0.1, 0.15) is 19.4 Å². The molecule has 100 valence electrons. The molecular formula is C14H19N5. The minimum absolute atomic E-state index is 0.670. The predicted molar refractivity (Wildman–Crippen MR) is 77.2 cm³/mol. The first kappa shape index (κ1) is 13.3. The van der Waals surface area contributed by atoms with Crippen LogP contribution in [0.25, 0.3) is 0 Å². The molecule has 5 heteroatoms. The topological polar surface area (TPSA) is 53.9 Å². The van der Waals surface area contributed by atoms with Gasteiger partial charge in [0.05, 0.1) is 6.20 Å². The van der Waals surface area contributed by atoms with E-state index in [1.54, 1.807) is 6.20 Å². The predicted octanol–water partition coefficient (Wildman–Crippen LogP) is 2.33. The average molecular weight is 257 g/mol. The third kappa shape index (κ3) is 3.64. The summed E-state index contributed by atoms with van der Waals surface area (Å²) in [7, 11) is 0. The Hall–Kier alpha value is -2.17. The van der Waals surface area contributed by atoms with E-state index in [0.717, 1.165) is 25.5 Å². The lowest BCUT2D eigenvalue weighted by atomic mass is 10.2. The Morgan fingerprint density at radius 2 is 1.84 bits per heavy atom. The SMILES string of the molecule is CCN(CC)c1nncc(NCc2ccccc2)n1. The molecule has 0 aliphatic carbocycles. The molecule has 0 saturated heterocycles. The number of aromatic nitrogens is 3. The number of anilines is 2. The van der Waals surface area contributed by atoms with Gasteiger partial charge in [-0.2, -0.15) is 10.1 Å². The summed E-state index contributed by atoms with van der Waals surface area (Å²) in [5, 5.41) is 11.3. The van der Waals surface area contributed by atoms with Gasteiger partial charge in [0.2, 0.25) is 5.95 Å². The highest BCUT2D eigenvalue weighted by Crippen LogP contribution is 2.10. The van der Waals surface area contributed by atoms with Gasteiger partial charge in [0.25, 0.3) is 0 Å². The van der Waals surface area contributed by atoms with Gasteiger partial charge in [0.1, 0.15) is 0 Å². The van der Waals surface area contributed by atoms with Crippen LogP contribution < -0.4 is 10.2 Å². The van der Waals surface area contributed by atoms with Crippen LogP contribution in [0.15, 0.2) is 36.5 Å². The van der Waals surface area contributed by atoms with Crippen LogP contribution in [-0.2, 0) is 6.54 Å². The third-order valence-electron chi connectivity index (χ3n) is 2.91. The lowest BCUT2D eigenvalue weighted by Crippen LogP contribution is -2.24. The van der Waals surface area contributed by atoms with Crippen molar-refractivity contribution in [1.29, 1.82) is 0 Å². The fourth-order valence-corrected chi connectivity index (χ4v) is 1.81. The number of hydrogen-bond acceptors (Lipinski definition) is 5. The van der Waals surface area contributed by atoms with Crippen molar-refractivity contribution in [3.63, 3.8) is 0 Å². The molecule has 0 amide bonds. The second kappa shape index (κ2) is 6.68. The molecule has 0 fully saturated rings. The second-order valence-electron chi connectivity index (χ2n) is 4.15. The average Bonchev–Trinajstić information content (AvgIpc) is 2.48. The van der Waals surface area contributed by atoms with Gasteiger partial charge in [0.15, 0.2) is 5.82 Å². The van der Waals surface area contributed by atoms with Gasteiger partial charge in [-0.3, -0.25) is 0 Å². The van der Waals surface area contributed by atoms with Crippen LogP contribution in [0.3, 0.4) is 0 Å². The molecule has 0 aliphatic heterocycles. The molecule has 0 radical (unpaired) electrons. The highest BCUT2D eigenvalue weighted by Gasteiger charge is 2.06. The molecule has 19 heavy (non-hydrogen) atoms. The van der Waals surface area contributed by atoms with E-state index in [-0.39, 0.29) is 0 Å². The first-order valence-electron chi connectivity index (χ1n) is 6.56. The standard InChI is InChI=1S/C14H19N5/c1-3-19(4-2)14-17-13(11-16-18-14)15-10-12-8-6-5-7-9-12/h5-9,11H,3-4,10H2,1-2H3,(H,15,17,18). The number of nitrogens with zero attached hydrogens (tertiary/aromatic N) is 4. The van der Waals surface area contributed by atoms with E-state index in [0.29, 0.717) is 5.95 Å². The van der Waals surface area contributed by atoms with Crippen LogP contribution in [0.5, 0.6) is 0 Å². The van der Waals surface area contributed by atoms with E-state index < -0.39 is 0 Å².